The molecule has 0 aliphatic heterocycles. The molecule has 0 fully saturated rings. The van der Waals surface area contributed by atoms with Crippen LogP contribution >= 0.6 is 0 Å². The van der Waals surface area contributed by atoms with Gasteiger partial charge in [0.2, 0.25) is 0 Å². The van der Waals surface area contributed by atoms with Gasteiger partial charge >= 0.3 is 0 Å². The summed E-state index contributed by atoms with van der Waals surface area (Å²) in [5.74, 6) is 7.22. The van der Waals surface area contributed by atoms with E-state index >= 15 is 0 Å². The van der Waals surface area contributed by atoms with Crippen LogP contribution in [0.5, 0.6) is 0 Å². The third-order valence-electron chi connectivity index (χ3n) is 4.40. The van der Waals surface area contributed by atoms with Crippen LogP contribution in [0.1, 0.15) is 44.2 Å². The number of benzene rings is 2. The zero-order valence-electron chi connectivity index (χ0n) is 13.9. The SMILES string of the molecule is CC(CC#CCC(C)n1ccc2ccccc21)c1ccccc1. The molecule has 3 aromatic rings. The molecule has 2 atom stereocenters. The average molecular weight is 301 g/mol. The van der Waals surface area contributed by atoms with E-state index in [1.807, 2.05) is 0 Å². The van der Waals surface area contributed by atoms with Gasteiger partial charge in [0.05, 0.1) is 0 Å². The second-order valence-corrected chi connectivity index (χ2v) is 6.20. The molecule has 23 heavy (non-hydrogen) atoms. The van der Waals surface area contributed by atoms with E-state index in [4.69, 9.17) is 0 Å². The highest BCUT2D eigenvalue weighted by Crippen LogP contribution is 2.21. The number of rotatable bonds is 4. The summed E-state index contributed by atoms with van der Waals surface area (Å²) in [6.07, 6.45) is 3.98. The Hall–Kier alpha value is -2.46. The fraction of sp³-hybridized carbons (Fsp3) is 0.273. The van der Waals surface area contributed by atoms with E-state index in [-0.39, 0.29) is 0 Å². The maximum atomic E-state index is 3.37. The minimum atomic E-state index is 0.398. The summed E-state index contributed by atoms with van der Waals surface area (Å²) in [4.78, 5) is 0. The molecule has 0 aliphatic rings. The molecule has 3 rings (SSSR count). The van der Waals surface area contributed by atoms with E-state index < -0.39 is 0 Å². The summed E-state index contributed by atoms with van der Waals surface area (Å²) < 4.78 is 2.32. The summed E-state index contributed by atoms with van der Waals surface area (Å²) >= 11 is 0. The van der Waals surface area contributed by atoms with Gasteiger partial charge in [0.25, 0.3) is 0 Å². The Labute approximate surface area is 139 Å². The summed E-state index contributed by atoms with van der Waals surface area (Å²) in [6, 6.07) is 21.7. The molecule has 0 spiro atoms. The van der Waals surface area contributed by atoms with Gasteiger partial charge in [-0.1, -0.05) is 55.5 Å². The lowest BCUT2D eigenvalue weighted by Gasteiger charge is -2.12. The van der Waals surface area contributed by atoms with Crippen LogP contribution in [-0.4, -0.2) is 4.57 Å². The van der Waals surface area contributed by atoms with Crippen molar-refractivity contribution in [3.05, 3.63) is 72.4 Å². The molecule has 1 aromatic heterocycles. The molecule has 0 N–H and O–H groups in total. The van der Waals surface area contributed by atoms with Gasteiger partial charge in [-0.15, -0.1) is 11.8 Å². The topological polar surface area (TPSA) is 4.93 Å². The zero-order valence-corrected chi connectivity index (χ0v) is 13.9. The second-order valence-electron chi connectivity index (χ2n) is 6.20. The molecule has 0 saturated carbocycles. The van der Waals surface area contributed by atoms with Gasteiger partial charge in [0.1, 0.15) is 0 Å². The van der Waals surface area contributed by atoms with Crippen LogP contribution in [0, 0.1) is 11.8 Å². The average Bonchev–Trinajstić information content (AvgIpc) is 3.03. The minimum Gasteiger partial charge on any atom is -0.344 e. The van der Waals surface area contributed by atoms with Gasteiger partial charge in [-0.2, -0.15) is 0 Å². The molecule has 1 heterocycles. The maximum absolute atomic E-state index is 3.37. The minimum absolute atomic E-state index is 0.398. The van der Waals surface area contributed by atoms with Crippen LogP contribution in [-0.2, 0) is 0 Å². The van der Waals surface area contributed by atoms with Crippen LogP contribution in [0.3, 0.4) is 0 Å². The highest BCUT2D eigenvalue weighted by molar-refractivity contribution is 5.80. The van der Waals surface area contributed by atoms with Gasteiger partial charge in [0, 0.05) is 30.6 Å². The summed E-state index contributed by atoms with van der Waals surface area (Å²) in [6.45, 7) is 4.48. The molecule has 116 valence electrons. The Balaban J connectivity index is 1.60. The van der Waals surface area contributed by atoms with Crippen LogP contribution in [0.4, 0.5) is 0 Å². The van der Waals surface area contributed by atoms with Crippen molar-refractivity contribution in [2.75, 3.05) is 0 Å². The van der Waals surface area contributed by atoms with Crippen molar-refractivity contribution in [2.45, 2.75) is 38.6 Å². The van der Waals surface area contributed by atoms with E-state index in [2.05, 4.69) is 97.1 Å². The number of fused-ring (bicyclic) bond motifs is 1. The quantitative estimate of drug-likeness (QED) is 0.537. The molecular weight excluding hydrogens is 278 g/mol. The first-order chi connectivity index (χ1) is 11.3. The molecule has 0 amide bonds. The first-order valence-electron chi connectivity index (χ1n) is 8.32. The smallest absolute Gasteiger partial charge is 0.0483 e. The van der Waals surface area contributed by atoms with Crippen LogP contribution in [0.25, 0.3) is 10.9 Å². The van der Waals surface area contributed by atoms with Crippen molar-refractivity contribution >= 4 is 10.9 Å². The molecule has 0 bridgehead atoms. The summed E-state index contributed by atoms with van der Waals surface area (Å²) in [5, 5.41) is 1.30. The molecular formula is C22H23N. The van der Waals surface area contributed by atoms with Crippen LogP contribution < -0.4 is 0 Å². The van der Waals surface area contributed by atoms with E-state index in [1.165, 1.54) is 16.5 Å². The summed E-state index contributed by atoms with van der Waals surface area (Å²) in [5.41, 5.74) is 2.66. The van der Waals surface area contributed by atoms with Crippen LogP contribution in [0.15, 0.2) is 66.9 Å². The molecule has 0 aliphatic carbocycles. The first-order valence-corrected chi connectivity index (χ1v) is 8.32. The van der Waals surface area contributed by atoms with Gasteiger partial charge in [-0.25, -0.2) is 0 Å². The Morgan fingerprint density at radius 2 is 1.52 bits per heavy atom. The molecule has 1 nitrogen and oxygen atoms in total. The number of hydrogen-bond acceptors (Lipinski definition) is 0. The number of nitrogens with zero attached hydrogens (tertiary/aromatic N) is 1. The second kappa shape index (κ2) is 7.20. The van der Waals surface area contributed by atoms with Crippen LogP contribution in [0.2, 0.25) is 0 Å². The van der Waals surface area contributed by atoms with Crippen molar-refractivity contribution in [1.29, 1.82) is 0 Å². The van der Waals surface area contributed by atoms with Gasteiger partial charge in [-0.05, 0) is 35.9 Å². The highest BCUT2D eigenvalue weighted by atomic mass is 15.0. The van der Waals surface area contributed by atoms with Gasteiger partial charge in [-0.3, -0.25) is 0 Å². The normalized spacial score (nSPS) is 13.3. The predicted molar refractivity (Wildman–Crippen MR) is 98.5 cm³/mol. The number of aromatic nitrogens is 1. The monoisotopic (exact) mass is 301 g/mol. The first kappa shape index (κ1) is 15.4. The third-order valence-corrected chi connectivity index (χ3v) is 4.40. The zero-order chi connectivity index (χ0) is 16.1. The summed E-state index contributed by atoms with van der Waals surface area (Å²) in [7, 11) is 0. The molecule has 1 heteroatoms. The maximum Gasteiger partial charge on any atom is 0.0483 e. The lowest BCUT2D eigenvalue weighted by molar-refractivity contribution is 0.581. The lowest BCUT2D eigenvalue weighted by atomic mass is 9.98. The molecule has 2 aromatic carbocycles. The molecule has 0 radical (unpaired) electrons. The van der Waals surface area contributed by atoms with E-state index in [9.17, 15) is 0 Å². The highest BCUT2D eigenvalue weighted by Gasteiger charge is 2.06. The van der Waals surface area contributed by atoms with E-state index in [0.29, 0.717) is 12.0 Å². The number of hydrogen-bond donors (Lipinski definition) is 0. The Kier molecular flexibility index (Phi) is 4.83. The van der Waals surface area contributed by atoms with Crippen molar-refractivity contribution in [3.63, 3.8) is 0 Å². The third kappa shape index (κ3) is 3.66. The van der Waals surface area contributed by atoms with Crippen molar-refractivity contribution in [3.8, 4) is 11.8 Å². The fourth-order valence-corrected chi connectivity index (χ4v) is 2.93. The predicted octanol–water partition coefficient (Wildman–Crippen LogP) is 5.79. The number of para-hydroxylation sites is 1. The Morgan fingerprint density at radius 1 is 0.826 bits per heavy atom. The van der Waals surface area contributed by atoms with E-state index in [1.54, 1.807) is 0 Å². The van der Waals surface area contributed by atoms with Gasteiger partial charge < -0.3 is 4.57 Å². The Morgan fingerprint density at radius 3 is 2.35 bits per heavy atom. The standard InChI is InChI=1S/C22H23N/c1-18(20-12-4-3-5-13-20)10-6-7-11-19(2)23-17-16-21-14-8-9-15-22(21)23/h3-5,8-9,12-19H,10-11H2,1-2H3. The van der Waals surface area contributed by atoms with Crippen molar-refractivity contribution in [1.82, 2.24) is 4.57 Å². The lowest BCUT2D eigenvalue weighted by Crippen LogP contribution is -2.02. The van der Waals surface area contributed by atoms with Crippen molar-refractivity contribution in [2.24, 2.45) is 0 Å². The van der Waals surface area contributed by atoms with Gasteiger partial charge in [0.15, 0.2) is 0 Å². The van der Waals surface area contributed by atoms with Crippen molar-refractivity contribution < 1.29 is 0 Å². The largest absolute Gasteiger partial charge is 0.344 e. The Bertz CT molecular complexity index is 817. The molecule has 2 unspecified atom stereocenters. The fourth-order valence-electron chi connectivity index (χ4n) is 2.93. The molecule has 0 saturated heterocycles. The van der Waals surface area contributed by atoms with E-state index in [0.717, 1.165) is 12.8 Å².